The lowest BCUT2D eigenvalue weighted by Gasteiger charge is -2.22. The first kappa shape index (κ1) is 16.2. The number of ether oxygens (including phenoxy) is 5. The molecule has 0 spiro atoms. The second-order valence-electron chi connectivity index (χ2n) is 4.43. The molecule has 1 heterocycles. The van der Waals surface area contributed by atoms with E-state index < -0.39 is 55.1 Å². The summed E-state index contributed by atoms with van der Waals surface area (Å²) in [5.41, 5.74) is 0. The summed E-state index contributed by atoms with van der Waals surface area (Å²) in [6, 6.07) is 0. The molecule has 9 heteroatoms. The molecule has 1 aliphatic heterocycles. The second-order valence-corrected chi connectivity index (χ2v) is 4.43. The normalized spacial score (nSPS) is 30.9. The number of carbonyl (C=O) groups is 4. The highest BCUT2D eigenvalue weighted by Gasteiger charge is 2.51. The Morgan fingerprint density at radius 2 is 1.45 bits per heavy atom. The predicted octanol–water partition coefficient (Wildman–Crippen LogP) is -0.299. The second kappa shape index (κ2) is 7.74. The van der Waals surface area contributed by atoms with Crippen molar-refractivity contribution in [1.29, 1.82) is 0 Å². The lowest BCUT2D eigenvalue weighted by atomic mass is 10.1. The van der Waals surface area contributed by atoms with Crippen LogP contribution in [0.15, 0.2) is 0 Å². The highest BCUT2D eigenvalue weighted by molar-refractivity contribution is 5.68. The van der Waals surface area contributed by atoms with Crippen LogP contribution in [-0.4, -0.2) is 55.1 Å². The van der Waals surface area contributed by atoms with Crippen molar-refractivity contribution in [2.75, 3.05) is 6.61 Å². The summed E-state index contributed by atoms with van der Waals surface area (Å²) in [6.07, 6.45) is -6.57. The fourth-order valence-corrected chi connectivity index (χ4v) is 1.77. The molecule has 0 bridgehead atoms. The van der Waals surface area contributed by atoms with Crippen LogP contribution in [0.4, 0.5) is 0 Å². The molecule has 1 saturated heterocycles. The highest BCUT2D eigenvalue weighted by Crippen LogP contribution is 2.28. The lowest BCUT2D eigenvalue weighted by molar-refractivity contribution is -0.197. The maximum atomic E-state index is 11.3. The molecule has 0 aromatic heterocycles. The fourth-order valence-electron chi connectivity index (χ4n) is 1.77. The van der Waals surface area contributed by atoms with E-state index in [4.69, 9.17) is 25.1 Å². The summed E-state index contributed by atoms with van der Waals surface area (Å²) in [7, 11) is 0. The molecular weight excluding hydrogens is 300 g/mol. The van der Waals surface area contributed by atoms with Gasteiger partial charge in [-0.1, -0.05) is 0 Å². The van der Waals surface area contributed by atoms with Gasteiger partial charge in [0.25, 0.3) is 0 Å². The number of rotatable bonds is 5. The van der Waals surface area contributed by atoms with Crippen molar-refractivity contribution in [2.45, 2.75) is 52.3 Å². The van der Waals surface area contributed by atoms with Crippen molar-refractivity contribution in [3.63, 3.8) is 0 Å². The molecule has 124 valence electrons. The van der Waals surface area contributed by atoms with Gasteiger partial charge in [-0.25, -0.2) is 0 Å². The maximum absolute atomic E-state index is 11.3. The van der Waals surface area contributed by atoms with Crippen molar-refractivity contribution in [2.24, 2.45) is 0 Å². The zero-order valence-electron chi connectivity index (χ0n) is 13.6. The summed E-state index contributed by atoms with van der Waals surface area (Å²) in [6.45, 7) is 3.88. The molecule has 1 aliphatic rings. The number of esters is 4. The summed E-state index contributed by atoms with van der Waals surface area (Å²) in [5, 5.41) is 0. The summed E-state index contributed by atoms with van der Waals surface area (Å²) < 4.78 is 33.0. The van der Waals surface area contributed by atoms with Gasteiger partial charge in [-0.05, 0) is 0 Å². The Balaban J connectivity index is 3.12. The molecular formula is C13H18O9. The van der Waals surface area contributed by atoms with Gasteiger partial charge in [-0.3, -0.25) is 19.2 Å². The summed E-state index contributed by atoms with van der Waals surface area (Å²) >= 11 is 0. The van der Waals surface area contributed by atoms with Gasteiger partial charge in [0.05, 0.1) is 1.37 Å². The van der Waals surface area contributed by atoms with E-state index in [1.165, 1.54) is 0 Å². The fraction of sp³-hybridized carbons (Fsp3) is 0.692. The van der Waals surface area contributed by atoms with Crippen LogP contribution < -0.4 is 0 Å². The first-order chi connectivity index (χ1) is 10.6. The Morgan fingerprint density at radius 3 is 1.91 bits per heavy atom. The van der Waals surface area contributed by atoms with Gasteiger partial charge in [0.2, 0.25) is 12.4 Å². The minimum Gasteiger partial charge on any atom is -0.463 e. The molecule has 1 rings (SSSR count). The average Bonchev–Trinajstić information content (AvgIpc) is 2.59. The zero-order chi connectivity index (χ0) is 17.8. The van der Waals surface area contributed by atoms with Crippen LogP contribution >= 0.6 is 0 Å². The van der Waals surface area contributed by atoms with E-state index in [1.807, 2.05) is 0 Å². The molecule has 0 saturated carbocycles. The molecule has 4 atom stereocenters. The first-order valence-electron chi connectivity index (χ1n) is 6.89. The third-order valence-electron chi connectivity index (χ3n) is 2.42. The molecule has 0 aliphatic carbocycles. The zero-order valence-corrected chi connectivity index (χ0v) is 12.6. The number of hydrogen-bond acceptors (Lipinski definition) is 9. The van der Waals surface area contributed by atoms with Gasteiger partial charge in [0, 0.05) is 27.7 Å². The van der Waals surface area contributed by atoms with E-state index in [-0.39, 0.29) is 0 Å². The Hall–Kier alpha value is -2.16. The van der Waals surface area contributed by atoms with Gasteiger partial charge in [-0.15, -0.1) is 0 Å². The number of carbonyl (C=O) groups excluding carboxylic acids is 4. The van der Waals surface area contributed by atoms with Gasteiger partial charge in [0.1, 0.15) is 12.7 Å². The van der Waals surface area contributed by atoms with E-state index in [9.17, 15) is 19.2 Å². The molecule has 0 aromatic carbocycles. The van der Waals surface area contributed by atoms with E-state index in [0.29, 0.717) is 0 Å². The molecule has 1 unspecified atom stereocenters. The third kappa shape index (κ3) is 5.32. The molecule has 1 fully saturated rings. The Morgan fingerprint density at radius 1 is 0.909 bits per heavy atom. The summed E-state index contributed by atoms with van der Waals surface area (Å²) in [4.78, 5) is 44.6. The number of hydrogen-bond donors (Lipinski definition) is 0. The van der Waals surface area contributed by atoms with E-state index >= 15 is 0 Å². The van der Waals surface area contributed by atoms with Crippen molar-refractivity contribution in [1.82, 2.24) is 0 Å². The summed E-state index contributed by atoms with van der Waals surface area (Å²) in [5.74, 6) is -3.06. The van der Waals surface area contributed by atoms with Crippen molar-refractivity contribution < 1.29 is 44.2 Å². The standard InChI is InChI=1S/C13H18O9/c1-6(14)18-5-10-11(19-7(2)15)12(20-8(3)16)13(22-10)21-9(4)17/h10-13H,5H2,1-4H3/t10-,11-,12-,13?/m1/s1/i11D. The highest BCUT2D eigenvalue weighted by atomic mass is 16.8. The minimum absolute atomic E-state index is 0.457. The van der Waals surface area contributed by atoms with E-state index in [1.54, 1.807) is 0 Å². The van der Waals surface area contributed by atoms with Crippen LogP contribution in [0.5, 0.6) is 0 Å². The van der Waals surface area contributed by atoms with Crippen LogP contribution in [0.2, 0.25) is 0 Å². The van der Waals surface area contributed by atoms with Crippen molar-refractivity contribution >= 4 is 23.9 Å². The van der Waals surface area contributed by atoms with Crippen LogP contribution in [0.1, 0.15) is 29.1 Å². The molecule has 9 nitrogen and oxygen atoms in total. The third-order valence-corrected chi connectivity index (χ3v) is 2.42. The molecule has 22 heavy (non-hydrogen) atoms. The Kier molecular flexibility index (Phi) is 5.70. The van der Waals surface area contributed by atoms with Crippen molar-refractivity contribution in [3.8, 4) is 0 Å². The largest absolute Gasteiger partial charge is 0.463 e. The minimum atomic E-state index is -2.24. The maximum Gasteiger partial charge on any atom is 0.305 e. The van der Waals surface area contributed by atoms with Gasteiger partial charge in [-0.2, -0.15) is 0 Å². The predicted molar refractivity (Wildman–Crippen MR) is 68.2 cm³/mol. The van der Waals surface area contributed by atoms with Gasteiger partial charge in [0.15, 0.2) is 6.08 Å². The van der Waals surface area contributed by atoms with Crippen LogP contribution in [0.3, 0.4) is 0 Å². The van der Waals surface area contributed by atoms with Gasteiger partial charge < -0.3 is 23.7 Å². The smallest absolute Gasteiger partial charge is 0.305 e. The molecule has 0 radical (unpaired) electrons. The molecule has 0 aromatic rings. The average molecular weight is 319 g/mol. The molecule has 0 N–H and O–H groups in total. The SMILES string of the molecule is [2H][C@@]1(OC(C)=O)[C@@H](COC(C)=O)OC(OC(C)=O)[C@@H]1OC(C)=O. The first-order valence-corrected chi connectivity index (χ1v) is 6.39. The van der Waals surface area contributed by atoms with Crippen molar-refractivity contribution in [3.05, 3.63) is 0 Å². The molecule has 0 amide bonds. The van der Waals surface area contributed by atoms with E-state index in [0.717, 1.165) is 27.7 Å². The topological polar surface area (TPSA) is 114 Å². The van der Waals surface area contributed by atoms with Crippen LogP contribution in [0.25, 0.3) is 0 Å². The van der Waals surface area contributed by atoms with Gasteiger partial charge >= 0.3 is 23.9 Å². The Labute approximate surface area is 128 Å². The van der Waals surface area contributed by atoms with E-state index in [2.05, 4.69) is 0 Å². The quantitative estimate of drug-likeness (QED) is 0.497. The lowest BCUT2D eigenvalue weighted by Crippen LogP contribution is -2.42. The van der Waals surface area contributed by atoms with Crippen LogP contribution in [-0.2, 0) is 42.9 Å². The Bertz CT molecular complexity index is 506. The monoisotopic (exact) mass is 319 g/mol. The van der Waals surface area contributed by atoms with Crippen LogP contribution in [0, 0.1) is 0 Å².